The number of nitrogens with one attached hydrogen (secondary N) is 1. The molecule has 1 amide bonds. The van der Waals surface area contributed by atoms with Crippen molar-refractivity contribution in [2.75, 3.05) is 13.2 Å². The third-order valence-electron chi connectivity index (χ3n) is 3.51. The Kier molecular flexibility index (Phi) is 3.79. The summed E-state index contributed by atoms with van der Waals surface area (Å²) in [5.41, 5.74) is 2.41. The van der Waals surface area contributed by atoms with Gasteiger partial charge in [-0.25, -0.2) is 0 Å². The van der Waals surface area contributed by atoms with Crippen molar-refractivity contribution < 1.29 is 9.53 Å². The fraction of sp³-hybridized carbons (Fsp3) is 0.235. The predicted molar refractivity (Wildman–Crippen MR) is 77.5 cm³/mol. The minimum Gasteiger partial charge on any atom is -0.363 e. The maximum Gasteiger partial charge on any atom is 0.251 e. The van der Waals surface area contributed by atoms with Crippen molar-refractivity contribution >= 4 is 5.91 Å². The standard InChI is InChI=1S/C17H17NO2/c19-17(16-12-20-16)18-11-15(13-7-3-1-4-8-13)14-9-5-2-6-10-14/h1-10,15-16H,11-12H2,(H,18,19). The number of carbonyl (C=O) groups is 1. The number of hydrogen-bond donors (Lipinski definition) is 1. The zero-order chi connectivity index (χ0) is 13.8. The second-order valence-corrected chi connectivity index (χ2v) is 4.94. The zero-order valence-corrected chi connectivity index (χ0v) is 11.2. The van der Waals surface area contributed by atoms with Crippen molar-refractivity contribution in [3.05, 3.63) is 71.8 Å². The SMILES string of the molecule is O=C(NCC(c1ccccc1)c1ccccc1)C1CO1. The molecule has 3 nitrogen and oxygen atoms in total. The molecule has 1 heterocycles. The van der Waals surface area contributed by atoms with E-state index in [4.69, 9.17) is 4.74 Å². The van der Waals surface area contributed by atoms with E-state index in [2.05, 4.69) is 29.6 Å². The Morgan fingerprint density at radius 1 is 1.05 bits per heavy atom. The van der Waals surface area contributed by atoms with Gasteiger partial charge in [0.1, 0.15) is 0 Å². The van der Waals surface area contributed by atoms with E-state index in [-0.39, 0.29) is 17.9 Å². The molecule has 0 saturated carbocycles. The maximum atomic E-state index is 11.7. The molecule has 3 heteroatoms. The Morgan fingerprint density at radius 2 is 1.55 bits per heavy atom. The van der Waals surface area contributed by atoms with Crippen LogP contribution in [0.2, 0.25) is 0 Å². The fourth-order valence-corrected chi connectivity index (χ4v) is 2.31. The van der Waals surface area contributed by atoms with Gasteiger partial charge in [-0.15, -0.1) is 0 Å². The minimum absolute atomic E-state index is 0.0122. The van der Waals surface area contributed by atoms with Crippen LogP contribution in [0.4, 0.5) is 0 Å². The van der Waals surface area contributed by atoms with Crippen LogP contribution < -0.4 is 5.32 Å². The molecule has 1 saturated heterocycles. The monoisotopic (exact) mass is 267 g/mol. The summed E-state index contributed by atoms with van der Waals surface area (Å²) in [5.74, 6) is 0.155. The van der Waals surface area contributed by atoms with Gasteiger partial charge in [-0.1, -0.05) is 60.7 Å². The molecule has 0 aromatic heterocycles. The van der Waals surface area contributed by atoms with Crippen molar-refractivity contribution in [3.8, 4) is 0 Å². The van der Waals surface area contributed by atoms with Crippen LogP contribution in [0.3, 0.4) is 0 Å². The first-order valence-electron chi connectivity index (χ1n) is 6.84. The topological polar surface area (TPSA) is 41.6 Å². The molecule has 2 aromatic rings. The molecule has 1 atom stereocenters. The van der Waals surface area contributed by atoms with Crippen LogP contribution in [0.25, 0.3) is 0 Å². The lowest BCUT2D eigenvalue weighted by atomic mass is 9.91. The molecule has 1 N–H and O–H groups in total. The molecule has 1 aliphatic heterocycles. The van der Waals surface area contributed by atoms with Gasteiger partial charge >= 0.3 is 0 Å². The van der Waals surface area contributed by atoms with Gasteiger partial charge in [0.15, 0.2) is 6.10 Å². The summed E-state index contributed by atoms with van der Waals surface area (Å²) in [6.07, 6.45) is -0.234. The maximum absolute atomic E-state index is 11.7. The van der Waals surface area contributed by atoms with Crippen LogP contribution in [0.1, 0.15) is 17.0 Å². The Morgan fingerprint density at radius 3 is 2.00 bits per heavy atom. The Hall–Kier alpha value is -2.13. The second kappa shape index (κ2) is 5.88. The van der Waals surface area contributed by atoms with E-state index in [0.29, 0.717) is 13.2 Å². The Bertz CT molecular complexity index is 525. The molecule has 0 bridgehead atoms. The number of hydrogen-bond acceptors (Lipinski definition) is 2. The van der Waals surface area contributed by atoms with Crippen molar-refractivity contribution in [2.45, 2.75) is 12.0 Å². The zero-order valence-electron chi connectivity index (χ0n) is 11.2. The molecule has 0 spiro atoms. The molecule has 20 heavy (non-hydrogen) atoms. The molecule has 2 aromatic carbocycles. The van der Waals surface area contributed by atoms with Crippen molar-refractivity contribution in [2.24, 2.45) is 0 Å². The van der Waals surface area contributed by atoms with E-state index in [0.717, 1.165) is 0 Å². The van der Waals surface area contributed by atoms with Crippen molar-refractivity contribution in [3.63, 3.8) is 0 Å². The van der Waals surface area contributed by atoms with Gasteiger partial charge in [0.05, 0.1) is 6.61 Å². The number of ether oxygens (including phenoxy) is 1. The first-order valence-corrected chi connectivity index (χ1v) is 6.84. The normalized spacial score (nSPS) is 16.9. The quantitative estimate of drug-likeness (QED) is 0.845. The lowest BCUT2D eigenvalue weighted by molar-refractivity contribution is -0.122. The minimum atomic E-state index is -0.234. The first-order chi connectivity index (χ1) is 9.84. The Labute approximate surface area is 118 Å². The lowest BCUT2D eigenvalue weighted by Crippen LogP contribution is -2.32. The molecule has 0 radical (unpaired) electrons. The summed E-state index contributed by atoms with van der Waals surface area (Å²) in [6, 6.07) is 20.5. The average molecular weight is 267 g/mol. The van der Waals surface area contributed by atoms with E-state index in [1.165, 1.54) is 11.1 Å². The molecular formula is C17H17NO2. The van der Waals surface area contributed by atoms with Gasteiger partial charge in [0.2, 0.25) is 0 Å². The largest absolute Gasteiger partial charge is 0.363 e. The van der Waals surface area contributed by atoms with Gasteiger partial charge in [-0.3, -0.25) is 4.79 Å². The molecule has 102 valence electrons. The number of carbonyl (C=O) groups excluding carboxylic acids is 1. The van der Waals surface area contributed by atoms with Gasteiger partial charge in [0.25, 0.3) is 5.91 Å². The van der Waals surface area contributed by atoms with Crippen LogP contribution in [0, 0.1) is 0 Å². The third-order valence-corrected chi connectivity index (χ3v) is 3.51. The highest BCUT2D eigenvalue weighted by Gasteiger charge is 2.31. The van der Waals surface area contributed by atoms with Crippen LogP contribution in [0.15, 0.2) is 60.7 Å². The summed E-state index contributed by atoms with van der Waals surface area (Å²) in [6.45, 7) is 1.14. The second-order valence-electron chi connectivity index (χ2n) is 4.94. The van der Waals surface area contributed by atoms with Crippen LogP contribution in [-0.2, 0) is 9.53 Å². The first kappa shape index (κ1) is 12.9. The summed E-state index contributed by atoms with van der Waals surface area (Å²) >= 11 is 0. The summed E-state index contributed by atoms with van der Waals surface area (Å²) in [7, 11) is 0. The number of amides is 1. The smallest absolute Gasteiger partial charge is 0.251 e. The Balaban J connectivity index is 1.78. The number of benzene rings is 2. The summed E-state index contributed by atoms with van der Waals surface area (Å²) in [5, 5.41) is 2.98. The molecule has 1 fully saturated rings. The van der Waals surface area contributed by atoms with E-state index in [1.54, 1.807) is 0 Å². The highest BCUT2D eigenvalue weighted by Crippen LogP contribution is 2.23. The van der Waals surface area contributed by atoms with E-state index >= 15 is 0 Å². The number of rotatable bonds is 5. The van der Waals surface area contributed by atoms with Gasteiger partial charge in [-0.05, 0) is 11.1 Å². The average Bonchev–Trinajstić information content (AvgIpc) is 3.34. The van der Waals surface area contributed by atoms with Gasteiger partial charge in [-0.2, -0.15) is 0 Å². The molecule has 0 aliphatic carbocycles. The fourth-order valence-electron chi connectivity index (χ4n) is 2.31. The molecule has 3 rings (SSSR count). The molecular weight excluding hydrogens is 250 g/mol. The van der Waals surface area contributed by atoms with Crippen molar-refractivity contribution in [1.82, 2.24) is 5.32 Å². The van der Waals surface area contributed by atoms with Gasteiger partial charge in [0, 0.05) is 12.5 Å². The van der Waals surface area contributed by atoms with Gasteiger partial charge < -0.3 is 10.1 Å². The van der Waals surface area contributed by atoms with Crippen molar-refractivity contribution in [1.29, 1.82) is 0 Å². The van der Waals surface area contributed by atoms with Crippen LogP contribution >= 0.6 is 0 Å². The number of epoxide rings is 1. The van der Waals surface area contributed by atoms with E-state index in [1.807, 2.05) is 36.4 Å². The highest BCUT2D eigenvalue weighted by atomic mass is 16.6. The summed E-state index contributed by atoms with van der Waals surface area (Å²) < 4.78 is 5.00. The molecule has 1 aliphatic rings. The van der Waals surface area contributed by atoms with E-state index < -0.39 is 0 Å². The lowest BCUT2D eigenvalue weighted by Gasteiger charge is -2.18. The third kappa shape index (κ3) is 3.06. The predicted octanol–water partition coefficient (Wildman–Crippen LogP) is 2.33. The summed E-state index contributed by atoms with van der Waals surface area (Å²) in [4.78, 5) is 11.7. The van der Waals surface area contributed by atoms with E-state index in [9.17, 15) is 4.79 Å². The van der Waals surface area contributed by atoms with Crippen LogP contribution in [0.5, 0.6) is 0 Å². The highest BCUT2D eigenvalue weighted by molar-refractivity contribution is 5.82. The molecule has 1 unspecified atom stereocenters. The van der Waals surface area contributed by atoms with Crippen LogP contribution in [-0.4, -0.2) is 25.2 Å².